The molecule has 0 spiro atoms. The first-order valence-corrected chi connectivity index (χ1v) is 9.37. The Morgan fingerprint density at radius 3 is 2.74 bits per heavy atom. The lowest BCUT2D eigenvalue weighted by atomic mass is 10.2. The number of anilines is 1. The van der Waals surface area contributed by atoms with Crippen LogP contribution in [0.25, 0.3) is 21.9 Å². The maximum absolute atomic E-state index is 12.5. The van der Waals surface area contributed by atoms with Crippen LogP contribution in [0.5, 0.6) is 0 Å². The van der Waals surface area contributed by atoms with E-state index in [4.69, 9.17) is 4.98 Å². The van der Waals surface area contributed by atoms with Gasteiger partial charge in [-0.05, 0) is 50.2 Å². The molecule has 2 heterocycles. The molecule has 0 aliphatic heterocycles. The van der Waals surface area contributed by atoms with Crippen LogP contribution < -0.4 is 5.32 Å². The molecule has 5 nitrogen and oxygen atoms in total. The van der Waals surface area contributed by atoms with Crippen LogP contribution in [0, 0.1) is 6.92 Å². The van der Waals surface area contributed by atoms with Crippen molar-refractivity contribution in [1.29, 1.82) is 0 Å². The molecule has 0 aliphatic rings. The fourth-order valence-electron chi connectivity index (χ4n) is 3.68. The van der Waals surface area contributed by atoms with E-state index in [0.717, 1.165) is 34.5 Å². The lowest BCUT2D eigenvalue weighted by Crippen LogP contribution is -2.14. The number of carbonyl (C=O) groups is 1. The summed E-state index contributed by atoms with van der Waals surface area (Å²) in [4.78, 5) is 17.2. The Morgan fingerprint density at radius 2 is 1.93 bits per heavy atom. The van der Waals surface area contributed by atoms with Crippen LogP contribution in [0.15, 0.2) is 48.5 Å². The second-order valence-corrected chi connectivity index (χ2v) is 6.93. The minimum atomic E-state index is 0.0108. The van der Waals surface area contributed by atoms with Gasteiger partial charge < -0.3 is 14.5 Å². The van der Waals surface area contributed by atoms with E-state index in [9.17, 15) is 4.79 Å². The van der Waals surface area contributed by atoms with E-state index >= 15 is 0 Å². The third-order valence-corrected chi connectivity index (χ3v) is 5.19. The molecule has 0 unspecified atom stereocenters. The van der Waals surface area contributed by atoms with Crippen molar-refractivity contribution in [1.82, 2.24) is 14.1 Å². The number of carbonyl (C=O) groups excluding carboxylic acids is 1. The van der Waals surface area contributed by atoms with Gasteiger partial charge in [0.1, 0.15) is 5.82 Å². The number of hydrogen-bond donors (Lipinski definition) is 1. The quantitative estimate of drug-likeness (QED) is 0.572. The van der Waals surface area contributed by atoms with Crippen molar-refractivity contribution < 1.29 is 4.79 Å². The molecule has 0 fully saturated rings. The first-order chi connectivity index (χ1) is 13.1. The first-order valence-electron chi connectivity index (χ1n) is 9.37. The molecule has 1 N–H and O–H groups in total. The maximum Gasteiger partial charge on any atom is 0.224 e. The Labute approximate surface area is 158 Å². The number of para-hydroxylation sites is 2. The van der Waals surface area contributed by atoms with Gasteiger partial charge in [0.2, 0.25) is 5.91 Å². The van der Waals surface area contributed by atoms with Gasteiger partial charge in [0.25, 0.3) is 0 Å². The average molecular weight is 360 g/mol. The highest BCUT2D eigenvalue weighted by Crippen LogP contribution is 2.22. The molecule has 2 aromatic heterocycles. The molecule has 138 valence electrons. The predicted octanol–water partition coefficient (Wildman–Crippen LogP) is 4.43. The van der Waals surface area contributed by atoms with E-state index in [1.165, 1.54) is 11.2 Å². The summed E-state index contributed by atoms with van der Waals surface area (Å²) in [6.07, 6.45) is 1.04. The van der Waals surface area contributed by atoms with Gasteiger partial charge in [0.05, 0.1) is 11.0 Å². The number of amides is 1. The SMILES string of the molecule is CCn1c(CCC(=O)Nc2ccc3c(c2)cc(C)n3C)nc2ccccc21. The molecule has 0 aliphatic carbocycles. The third-order valence-electron chi connectivity index (χ3n) is 5.19. The molecular formula is C22H24N4O. The predicted molar refractivity (Wildman–Crippen MR) is 110 cm³/mol. The molecule has 0 radical (unpaired) electrons. The molecule has 0 bridgehead atoms. The van der Waals surface area contributed by atoms with Crippen molar-refractivity contribution in [2.75, 3.05) is 5.32 Å². The van der Waals surface area contributed by atoms with Crippen LogP contribution in [-0.2, 0) is 24.8 Å². The number of aryl methyl sites for hydroxylation is 4. The monoisotopic (exact) mass is 360 g/mol. The number of nitrogens with one attached hydrogen (secondary N) is 1. The van der Waals surface area contributed by atoms with Crippen molar-refractivity contribution in [2.45, 2.75) is 33.2 Å². The van der Waals surface area contributed by atoms with Crippen LogP contribution in [0.2, 0.25) is 0 Å². The second kappa shape index (κ2) is 6.91. The van der Waals surface area contributed by atoms with E-state index in [1.54, 1.807) is 0 Å². The third kappa shape index (κ3) is 3.21. The van der Waals surface area contributed by atoms with Crippen molar-refractivity contribution in [3.63, 3.8) is 0 Å². The highest BCUT2D eigenvalue weighted by Gasteiger charge is 2.12. The molecule has 2 aromatic carbocycles. The van der Waals surface area contributed by atoms with Gasteiger partial charge in [-0.15, -0.1) is 0 Å². The van der Waals surface area contributed by atoms with Crippen LogP contribution in [0.3, 0.4) is 0 Å². The van der Waals surface area contributed by atoms with E-state index in [0.29, 0.717) is 12.8 Å². The Hall–Kier alpha value is -3.08. The minimum absolute atomic E-state index is 0.0108. The molecule has 5 heteroatoms. The molecule has 1 amide bonds. The summed E-state index contributed by atoms with van der Waals surface area (Å²) in [6.45, 7) is 5.04. The molecule has 0 saturated heterocycles. The second-order valence-electron chi connectivity index (χ2n) is 6.93. The minimum Gasteiger partial charge on any atom is -0.348 e. The number of nitrogens with zero attached hydrogens (tertiary/aromatic N) is 3. The first kappa shape index (κ1) is 17.3. The van der Waals surface area contributed by atoms with Crippen LogP contribution >= 0.6 is 0 Å². The normalized spacial score (nSPS) is 11.4. The van der Waals surface area contributed by atoms with Gasteiger partial charge in [-0.25, -0.2) is 4.98 Å². The summed E-state index contributed by atoms with van der Waals surface area (Å²) in [7, 11) is 2.05. The number of fused-ring (bicyclic) bond motifs is 2. The van der Waals surface area contributed by atoms with Crippen molar-refractivity contribution in [3.8, 4) is 0 Å². The smallest absolute Gasteiger partial charge is 0.224 e. The summed E-state index contributed by atoms with van der Waals surface area (Å²) in [5.74, 6) is 0.972. The van der Waals surface area contributed by atoms with Crippen molar-refractivity contribution in [3.05, 3.63) is 60.0 Å². The highest BCUT2D eigenvalue weighted by molar-refractivity contribution is 5.94. The Balaban J connectivity index is 1.47. The van der Waals surface area contributed by atoms with Crippen LogP contribution in [-0.4, -0.2) is 20.0 Å². The summed E-state index contributed by atoms with van der Waals surface area (Å²) in [5.41, 5.74) is 5.32. The van der Waals surface area contributed by atoms with Gasteiger partial charge in [0, 0.05) is 48.7 Å². The lowest BCUT2D eigenvalue weighted by molar-refractivity contribution is -0.116. The van der Waals surface area contributed by atoms with Gasteiger partial charge >= 0.3 is 0 Å². The fourth-order valence-corrected chi connectivity index (χ4v) is 3.68. The summed E-state index contributed by atoms with van der Waals surface area (Å²) >= 11 is 0. The zero-order valence-electron chi connectivity index (χ0n) is 16.0. The number of imidazole rings is 1. The van der Waals surface area contributed by atoms with E-state index in [2.05, 4.69) is 53.5 Å². The average Bonchev–Trinajstić information content (AvgIpc) is 3.16. The van der Waals surface area contributed by atoms with E-state index < -0.39 is 0 Å². The molecule has 4 rings (SSSR count). The molecule has 0 atom stereocenters. The fraction of sp³-hybridized carbons (Fsp3) is 0.273. The van der Waals surface area contributed by atoms with Gasteiger partial charge in [-0.2, -0.15) is 0 Å². The van der Waals surface area contributed by atoms with E-state index in [-0.39, 0.29) is 5.91 Å². The number of aromatic nitrogens is 3. The zero-order chi connectivity index (χ0) is 19.0. The molecule has 0 saturated carbocycles. The van der Waals surface area contributed by atoms with Gasteiger partial charge in [-0.1, -0.05) is 12.1 Å². The van der Waals surface area contributed by atoms with Gasteiger partial charge in [0.15, 0.2) is 0 Å². The number of hydrogen-bond acceptors (Lipinski definition) is 2. The van der Waals surface area contributed by atoms with Crippen molar-refractivity contribution in [2.24, 2.45) is 7.05 Å². The summed E-state index contributed by atoms with van der Waals surface area (Å²) in [6, 6.07) is 16.3. The highest BCUT2D eigenvalue weighted by atomic mass is 16.1. The summed E-state index contributed by atoms with van der Waals surface area (Å²) in [5, 5.41) is 4.16. The Kier molecular flexibility index (Phi) is 4.44. The van der Waals surface area contributed by atoms with Crippen LogP contribution in [0.4, 0.5) is 5.69 Å². The molecule has 4 aromatic rings. The number of benzene rings is 2. The maximum atomic E-state index is 12.5. The largest absolute Gasteiger partial charge is 0.348 e. The Morgan fingerprint density at radius 1 is 1.11 bits per heavy atom. The van der Waals surface area contributed by atoms with Gasteiger partial charge in [-0.3, -0.25) is 4.79 Å². The van der Waals surface area contributed by atoms with Crippen LogP contribution in [0.1, 0.15) is 24.9 Å². The summed E-state index contributed by atoms with van der Waals surface area (Å²) < 4.78 is 4.33. The molecule has 27 heavy (non-hydrogen) atoms. The topological polar surface area (TPSA) is 51.9 Å². The zero-order valence-corrected chi connectivity index (χ0v) is 16.0. The standard InChI is InChI=1S/C22H24N4O/c1-4-26-20-8-6-5-7-18(20)24-21(26)11-12-22(27)23-17-9-10-19-16(14-17)13-15(2)25(19)3/h5-10,13-14H,4,11-12H2,1-3H3,(H,23,27). The van der Waals surface area contributed by atoms with E-state index in [1.807, 2.05) is 30.3 Å². The lowest BCUT2D eigenvalue weighted by Gasteiger charge is -2.08. The number of rotatable bonds is 5. The van der Waals surface area contributed by atoms with Crippen molar-refractivity contribution >= 4 is 33.5 Å². The Bertz CT molecular complexity index is 1140. The molecular weight excluding hydrogens is 336 g/mol.